The highest BCUT2D eigenvalue weighted by atomic mass is 35.5. The van der Waals surface area contributed by atoms with Gasteiger partial charge in [0.05, 0.1) is 21.4 Å². The largest absolute Gasteiger partial charge is 0.489 e. The molecule has 0 atom stereocenters. The Morgan fingerprint density at radius 1 is 0.433 bits per heavy atom. The van der Waals surface area contributed by atoms with Gasteiger partial charge < -0.3 is 10.0 Å². The molecular weight excluding hydrogens is 893 g/mol. The molecule has 6 aromatic carbocycles. The summed E-state index contributed by atoms with van der Waals surface area (Å²) in [5.74, 6) is 0.571. The molecule has 2 aromatic heterocycles. The molecule has 0 unspecified atom stereocenters. The molecular formula is C46H34BCl5N4O2S2. The van der Waals surface area contributed by atoms with Crippen LogP contribution in [-0.2, 0) is 0 Å². The summed E-state index contributed by atoms with van der Waals surface area (Å²) in [6, 6.07) is 51.1. The van der Waals surface area contributed by atoms with Crippen molar-refractivity contribution in [2.75, 3.05) is 12.5 Å². The second-order valence-electron chi connectivity index (χ2n) is 12.7. The summed E-state index contributed by atoms with van der Waals surface area (Å²) < 4.78 is 0. The molecule has 0 aliphatic heterocycles. The number of hydrogen-bond donors (Lipinski definition) is 2. The van der Waals surface area contributed by atoms with Gasteiger partial charge in [-0.1, -0.05) is 174 Å². The first-order chi connectivity index (χ1) is 29.0. The Labute approximate surface area is 383 Å². The quantitative estimate of drug-likeness (QED) is 0.0674. The van der Waals surface area contributed by atoms with Gasteiger partial charge in [-0.25, -0.2) is 19.9 Å². The van der Waals surface area contributed by atoms with Crippen LogP contribution in [0.2, 0.25) is 25.6 Å². The molecule has 14 heteroatoms. The third-order valence-corrected chi connectivity index (χ3v) is 12.0. The lowest BCUT2D eigenvalue weighted by molar-refractivity contribution is 0.425. The van der Waals surface area contributed by atoms with Crippen molar-refractivity contribution in [2.24, 2.45) is 0 Å². The molecule has 0 saturated carbocycles. The molecule has 0 radical (unpaired) electrons. The Morgan fingerprint density at radius 2 is 0.867 bits per heavy atom. The van der Waals surface area contributed by atoms with E-state index in [0.29, 0.717) is 36.5 Å². The molecule has 60 heavy (non-hydrogen) atoms. The molecule has 0 aliphatic rings. The van der Waals surface area contributed by atoms with Crippen molar-refractivity contribution in [1.29, 1.82) is 0 Å². The lowest BCUT2D eigenvalue weighted by atomic mass is 9.80. The molecule has 0 fully saturated rings. The van der Waals surface area contributed by atoms with Crippen LogP contribution in [0.15, 0.2) is 168 Å². The van der Waals surface area contributed by atoms with Gasteiger partial charge >= 0.3 is 7.12 Å². The van der Waals surface area contributed by atoms with Crippen molar-refractivity contribution in [3.8, 4) is 56.2 Å². The normalized spacial score (nSPS) is 10.6. The predicted octanol–water partition coefficient (Wildman–Crippen LogP) is 13.4. The van der Waals surface area contributed by atoms with E-state index in [-0.39, 0.29) is 5.28 Å². The van der Waals surface area contributed by atoms with E-state index < -0.39 is 7.12 Å². The molecule has 0 amide bonds. The van der Waals surface area contributed by atoms with Crippen LogP contribution < -0.4 is 5.46 Å². The van der Waals surface area contributed by atoms with E-state index in [2.05, 4.69) is 75.6 Å². The number of thioether (sulfide) groups is 2. The molecule has 6 nitrogen and oxygen atoms in total. The Bertz CT molecular complexity index is 2650. The van der Waals surface area contributed by atoms with Crippen LogP contribution in [0, 0.1) is 0 Å². The lowest BCUT2D eigenvalue weighted by Gasteiger charge is -2.10. The minimum absolute atomic E-state index is 0.152. The van der Waals surface area contributed by atoms with Gasteiger partial charge in [0, 0.05) is 38.6 Å². The number of rotatable bonds is 8. The zero-order chi connectivity index (χ0) is 42.6. The molecule has 2 N–H and O–H groups in total. The summed E-state index contributed by atoms with van der Waals surface area (Å²) in [7, 11) is -1.45. The van der Waals surface area contributed by atoms with Crippen LogP contribution >= 0.6 is 81.5 Å². The van der Waals surface area contributed by atoms with Gasteiger partial charge in [-0.3, -0.25) is 0 Å². The Hall–Kier alpha value is -4.39. The molecule has 0 saturated heterocycles. The topological polar surface area (TPSA) is 92.0 Å². The van der Waals surface area contributed by atoms with Gasteiger partial charge in [0.15, 0.2) is 5.82 Å². The minimum atomic E-state index is -1.45. The van der Waals surface area contributed by atoms with Crippen molar-refractivity contribution in [1.82, 2.24) is 19.9 Å². The third kappa shape index (κ3) is 11.9. The first kappa shape index (κ1) is 45.1. The molecule has 300 valence electrons. The zero-order valence-corrected chi connectivity index (χ0v) is 37.4. The highest BCUT2D eigenvalue weighted by molar-refractivity contribution is 7.99. The maximum Gasteiger partial charge on any atom is 0.489 e. The van der Waals surface area contributed by atoms with E-state index in [1.54, 1.807) is 42.1 Å². The van der Waals surface area contributed by atoms with Crippen LogP contribution in [0.5, 0.6) is 0 Å². The number of aromatic nitrogens is 4. The molecule has 8 aromatic rings. The molecule has 0 bridgehead atoms. The minimum Gasteiger partial charge on any atom is -0.423 e. The van der Waals surface area contributed by atoms with Gasteiger partial charge in [0.2, 0.25) is 5.28 Å². The summed E-state index contributed by atoms with van der Waals surface area (Å²) in [5, 5.41) is 20.0. The molecule has 2 heterocycles. The van der Waals surface area contributed by atoms with Gasteiger partial charge in [-0.15, -0.1) is 23.5 Å². The average Bonchev–Trinajstić information content (AvgIpc) is 3.27. The van der Waals surface area contributed by atoms with E-state index in [9.17, 15) is 0 Å². The van der Waals surface area contributed by atoms with Gasteiger partial charge in [-0.2, -0.15) is 0 Å². The fourth-order valence-electron chi connectivity index (χ4n) is 5.99. The highest BCUT2D eigenvalue weighted by Gasteiger charge is 2.17. The number of benzene rings is 6. The smallest absolute Gasteiger partial charge is 0.423 e. The summed E-state index contributed by atoms with van der Waals surface area (Å²) in [6.45, 7) is 0. The highest BCUT2D eigenvalue weighted by Crippen LogP contribution is 2.36. The third-order valence-electron chi connectivity index (χ3n) is 8.83. The Balaban J connectivity index is 0.000000164. The fraction of sp³-hybridized carbons (Fsp3) is 0.0435. The van der Waals surface area contributed by atoms with Crippen molar-refractivity contribution in [2.45, 2.75) is 9.79 Å². The summed E-state index contributed by atoms with van der Waals surface area (Å²) in [5.41, 5.74) is 9.44. The average molecular weight is 927 g/mol. The second-order valence-corrected chi connectivity index (χ2v) is 16.2. The van der Waals surface area contributed by atoms with Crippen LogP contribution in [0.3, 0.4) is 0 Å². The van der Waals surface area contributed by atoms with Crippen LogP contribution in [-0.4, -0.2) is 49.6 Å². The Kier molecular flexibility index (Phi) is 16.5. The van der Waals surface area contributed by atoms with Gasteiger partial charge in [-0.05, 0) is 70.0 Å². The second kappa shape index (κ2) is 21.9. The number of nitrogens with zero attached hydrogens (tertiary/aromatic N) is 4. The standard InChI is InChI=1S/C23H16Cl2N2S.C16H10Cl2N2.C7H8BClO2S/c1-28-22-18(8-5-9-19(22)24)23-26-20(14-21(25)27-23)17-12-10-16(11-13-17)15-6-3-2-4-7-15;17-15-10-14(19-16(18)20-15)13-8-6-12(7-9-13)11-4-2-1-3-5-11;1-12-7-5(8(10)11)3-2-4-6(7)9/h2-14H,1H3;1-10H;2-4,10-11H,1H3. The fourth-order valence-corrected chi connectivity index (χ4v) is 8.71. The number of hydrogen-bond acceptors (Lipinski definition) is 8. The first-order valence-corrected chi connectivity index (χ1v) is 22.5. The first-order valence-electron chi connectivity index (χ1n) is 18.1. The summed E-state index contributed by atoms with van der Waals surface area (Å²) in [4.78, 5) is 18.9. The predicted molar refractivity (Wildman–Crippen MR) is 256 cm³/mol. The maximum absolute atomic E-state index is 8.94. The van der Waals surface area contributed by atoms with Crippen LogP contribution in [0.4, 0.5) is 0 Å². The molecule has 0 aliphatic carbocycles. The summed E-state index contributed by atoms with van der Waals surface area (Å²) >= 11 is 33.2. The number of halogens is 5. The van der Waals surface area contributed by atoms with Gasteiger partial charge in [0.25, 0.3) is 0 Å². The zero-order valence-electron chi connectivity index (χ0n) is 32.0. The van der Waals surface area contributed by atoms with Crippen LogP contribution in [0.25, 0.3) is 56.2 Å². The summed E-state index contributed by atoms with van der Waals surface area (Å²) in [6.07, 6.45) is 3.82. The van der Waals surface area contributed by atoms with Crippen molar-refractivity contribution >= 4 is 94.1 Å². The van der Waals surface area contributed by atoms with Crippen LogP contribution in [0.1, 0.15) is 0 Å². The van der Waals surface area contributed by atoms with E-state index in [0.717, 1.165) is 44.1 Å². The lowest BCUT2D eigenvalue weighted by Crippen LogP contribution is -2.31. The van der Waals surface area contributed by atoms with Crippen molar-refractivity contribution in [3.63, 3.8) is 0 Å². The SMILES string of the molecule is CSc1c(Cl)cccc1-c1nc(Cl)cc(-c2ccc(-c3ccccc3)cc2)n1.CSc1c(Cl)cccc1B(O)O.Clc1cc(-c2ccc(-c3ccccc3)cc2)nc(Cl)n1. The van der Waals surface area contributed by atoms with Crippen molar-refractivity contribution in [3.05, 3.63) is 183 Å². The van der Waals surface area contributed by atoms with E-state index >= 15 is 0 Å². The maximum atomic E-state index is 8.94. The van der Waals surface area contributed by atoms with E-state index in [1.165, 1.54) is 22.9 Å². The van der Waals surface area contributed by atoms with Gasteiger partial charge in [0.1, 0.15) is 10.3 Å². The molecule has 8 rings (SSSR count). The van der Waals surface area contributed by atoms with E-state index in [4.69, 9.17) is 73.0 Å². The molecule has 0 spiro atoms. The van der Waals surface area contributed by atoms with Crippen molar-refractivity contribution < 1.29 is 10.0 Å². The Morgan fingerprint density at radius 3 is 1.33 bits per heavy atom. The monoisotopic (exact) mass is 924 g/mol. The van der Waals surface area contributed by atoms with E-state index in [1.807, 2.05) is 79.2 Å².